The summed E-state index contributed by atoms with van der Waals surface area (Å²) in [5.41, 5.74) is 3.66. The Morgan fingerprint density at radius 2 is 2.00 bits per heavy atom. The van der Waals surface area contributed by atoms with Crippen LogP contribution in [-0.4, -0.2) is 17.0 Å². The molecule has 0 radical (unpaired) electrons. The first-order valence-electron chi connectivity index (χ1n) is 7.46. The highest BCUT2D eigenvalue weighted by Crippen LogP contribution is 2.34. The first-order valence-corrected chi connectivity index (χ1v) is 7.46. The van der Waals surface area contributed by atoms with Gasteiger partial charge >= 0.3 is 0 Å². The van der Waals surface area contributed by atoms with Gasteiger partial charge < -0.3 is 10.1 Å². The third-order valence-corrected chi connectivity index (χ3v) is 4.02. The van der Waals surface area contributed by atoms with Crippen LogP contribution in [0.25, 0.3) is 0 Å². The van der Waals surface area contributed by atoms with Gasteiger partial charge in [0.15, 0.2) is 0 Å². The Kier molecular flexibility index (Phi) is 3.78. The molecule has 21 heavy (non-hydrogen) atoms. The van der Waals surface area contributed by atoms with E-state index in [1.165, 1.54) is 11.1 Å². The van der Waals surface area contributed by atoms with Crippen molar-refractivity contribution < 1.29 is 4.74 Å². The van der Waals surface area contributed by atoms with Crippen LogP contribution in [0.1, 0.15) is 41.5 Å². The molecule has 1 N–H and O–H groups in total. The third-order valence-electron chi connectivity index (χ3n) is 4.02. The van der Waals surface area contributed by atoms with E-state index < -0.39 is 0 Å². The molecule has 0 saturated carbocycles. The summed E-state index contributed by atoms with van der Waals surface area (Å²) < 4.78 is 6.24. The van der Waals surface area contributed by atoms with Crippen LogP contribution >= 0.6 is 0 Å². The number of benzene rings is 1. The standard InChI is InChI=1S/C17H21N3O/c1-11-16(18-3)19-12(2)20-17(11)21-15-10-6-8-13-7-4-5-9-14(13)15/h4-5,7,9,15H,6,8,10H2,1-3H3,(H,18,19,20). The lowest BCUT2D eigenvalue weighted by atomic mass is 9.89. The molecular weight excluding hydrogens is 262 g/mol. The number of aryl methyl sites for hydroxylation is 2. The van der Waals surface area contributed by atoms with Crippen LogP contribution < -0.4 is 10.1 Å². The number of ether oxygens (including phenoxy) is 1. The van der Waals surface area contributed by atoms with Gasteiger partial charge in [0.05, 0.1) is 5.56 Å². The maximum Gasteiger partial charge on any atom is 0.222 e. The molecule has 1 aliphatic carbocycles. The van der Waals surface area contributed by atoms with Crippen molar-refractivity contribution in [1.29, 1.82) is 0 Å². The average molecular weight is 283 g/mol. The lowest BCUT2D eigenvalue weighted by molar-refractivity contribution is 0.174. The Labute approximate surface area is 125 Å². The second-order valence-corrected chi connectivity index (χ2v) is 5.50. The van der Waals surface area contributed by atoms with Gasteiger partial charge in [0, 0.05) is 7.05 Å². The van der Waals surface area contributed by atoms with E-state index in [1.54, 1.807) is 0 Å². The van der Waals surface area contributed by atoms with Crippen molar-refractivity contribution in [3.63, 3.8) is 0 Å². The zero-order chi connectivity index (χ0) is 14.8. The number of nitrogens with one attached hydrogen (secondary N) is 1. The Balaban J connectivity index is 1.93. The number of hydrogen-bond donors (Lipinski definition) is 1. The first kappa shape index (κ1) is 13.9. The monoisotopic (exact) mass is 283 g/mol. The van der Waals surface area contributed by atoms with Crippen molar-refractivity contribution in [3.8, 4) is 5.88 Å². The van der Waals surface area contributed by atoms with Gasteiger partial charge in [-0.25, -0.2) is 4.98 Å². The minimum atomic E-state index is 0.0904. The van der Waals surface area contributed by atoms with Crippen molar-refractivity contribution in [2.75, 3.05) is 12.4 Å². The van der Waals surface area contributed by atoms with Crippen molar-refractivity contribution in [1.82, 2.24) is 9.97 Å². The maximum absolute atomic E-state index is 6.24. The molecule has 110 valence electrons. The maximum atomic E-state index is 6.24. The van der Waals surface area contributed by atoms with Gasteiger partial charge in [-0.3, -0.25) is 0 Å². The Hall–Kier alpha value is -2.10. The number of anilines is 1. The van der Waals surface area contributed by atoms with Crippen LogP contribution in [0.15, 0.2) is 24.3 Å². The van der Waals surface area contributed by atoms with Crippen LogP contribution in [0, 0.1) is 13.8 Å². The van der Waals surface area contributed by atoms with Crippen molar-refractivity contribution in [3.05, 3.63) is 46.8 Å². The van der Waals surface area contributed by atoms with Gasteiger partial charge in [-0.2, -0.15) is 4.98 Å². The summed E-state index contributed by atoms with van der Waals surface area (Å²) in [5.74, 6) is 2.25. The summed E-state index contributed by atoms with van der Waals surface area (Å²) in [7, 11) is 1.87. The molecule has 4 nitrogen and oxygen atoms in total. The first-order chi connectivity index (χ1) is 10.2. The summed E-state index contributed by atoms with van der Waals surface area (Å²) >= 11 is 0. The number of hydrogen-bond acceptors (Lipinski definition) is 4. The molecule has 0 bridgehead atoms. The minimum absolute atomic E-state index is 0.0904. The van der Waals surface area contributed by atoms with Crippen LogP contribution in [-0.2, 0) is 6.42 Å². The average Bonchev–Trinajstić information content (AvgIpc) is 2.51. The normalized spacial score (nSPS) is 17.2. The summed E-state index contributed by atoms with van der Waals surface area (Å²) in [5, 5.41) is 3.10. The molecule has 0 saturated heterocycles. The number of aromatic nitrogens is 2. The van der Waals surface area contributed by atoms with Gasteiger partial charge in [0.2, 0.25) is 5.88 Å². The summed E-state index contributed by atoms with van der Waals surface area (Å²) in [6, 6.07) is 8.54. The highest BCUT2D eigenvalue weighted by molar-refractivity contribution is 5.48. The van der Waals surface area contributed by atoms with Crippen molar-refractivity contribution in [2.45, 2.75) is 39.2 Å². The second-order valence-electron chi connectivity index (χ2n) is 5.50. The zero-order valence-electron chi connectivity index (χ0n) is 12.8. The predicted molar refractivity (Wildman–Crippen MR) is 83.8 cm³/mol. The van der Waals surface area contributed by atoms with Crippen LogP contribution in [0.2, 0.25) is 0 Å². The van der Waals surface area contributed by atoms with E-state index in [0.717, 1.165) is 36.5 Å². The summed E-state index contributed by atoms with van der Waals surface area (Å²) in [4.78, 5) is 8.86. The highest BCUT2D eigenvalue weighted by atomic mass is 16.5. The van der Waals surface area contributed by atoms with Crippen LogP contribution in [0.4, 0.5) is 5.82 Å². The number of fused-ring (bicyclic) bond motifs is 1. The van der Waals surface area contributed by atoms with Crippen molar-refractivity contribution in [2.24, 2.45) is 0 Å². The zero-order valence-corrected chi connectivity index (χ0v) is 12.8. The number of rotatable bonds is 3. The molecule has 0 spiro atoms. The summed E-state index contributed by atoms with van der Waals surface area (Å²) in [6.07, 6.45) is 3.42. The molecule has 0 aliphatic heterocycles. The lowest BCUT2D eigenvalue weighted by Gasteiger charge is -2.26. The van der Waals surface area contributed by atoms with Gasteiger partial charge in [-0.1, -0.05) is 24.3 Å². The molecule has 1 aromatic carbocycles. The fourth-order valence-corrected chi connectivity index (χ4v) is 2.93. The molecular formula is C17H21N3O. The molecule has 2 aromatic rings. The summed E-state index contributed by atoms with van der Waals surface area (Å²) in [6.45, 7) is 3.89. The molecule has 4 heteroatoms. The van der Waals surface area contributed by atoms with Gasteiger partial charge in [-0.15, -0.1) is 0 Å². The quantitative estimate of drug-likeness (QED) is 0.935. The van der Waals surface area contributed by atoms with E-state index in [0.29, 0.717) is 5.88 Å². The topological polar surface area (TPSA) is 47.0 Å². The molecule has 3 rings (SSSR count). The Morgan fingerprint density at radius 1 is 1.19 bits per heavy atom. The molecule has 1 atom stereocenters. The highest BCUT2D eigenvalue weighted by Gasteiger charge is 2.23. The smallest absolute Gasteiger partial charge is 0.222 e. The Morgan fingerprint density at radius 3 is 2.81 bits per heavy atom. The van der Waals surface area contributed by atoms with E-state index in [2.05, 4.69) is 39.6 Å². The second kappa shape index (κ2) is 5.72. The van der Waals surface area contributed by atoms with E-state index in [1.807, 2.05) is 20.9 Å². The molecule has 0 amide bonds. The SMILES string of the molecule is CNc1nc(C)nc(OC2CCCc3ccccc32)c1C. The number of nitrogens with zero attached hydrogens (tertiary/aromatic N) is 2. The minimum Gasteiger partial charge on any atom is -0.469 e. The fraction of sp³-hybridized carbons (Fsp3) is 0.412. The fourth-order valence-electron chi connectivity index (χ4n) is 2.93. The van der Waals surface area contributed by atoms with Gasteiger partial charge in [-0.05, 0) is 44.2 Å². The van der Waals surface area contributed by atoms with E-state index in [-0.39, 0.29) is 6.10 Å². The van der Waals surface area contributed by atoms with Gasteiger partial charge in [0.25, 0.3) is 0 Å². The van der Waals surface area contributed by atoms with Crippen LogP contribution in [0.5, 0.6) is 5.88 Å². The van der Waals surface area contributed by atoms with E-state index in [4.69, 9.17) is 4.74 Å². The Bertz CT molecular complexity index is 654. The van der Waals surface area contributed by atoms with E-state index in [9.17, 15) is 0 Å². The van der Waals surface area contributed by atoms with Crippen molar-refractivity contribution >= 4 is 5.82 Å². The predicted octanol–water partition coefficient (Wildman–Crippen LogP) is 3.59. The van der Waals surface area contributed by atoms with E-state index >= 15 is 0 Å². The molecule has 1 aliphatic rings. The molecule has 1 unspecified atom stereocenters. The largest absolute Gasteiger partial charge is 0.469 e. The lowest BCUT2D eigenvalue weighted by Crippen LogP contribution is -2.17. The van der Waals surface area contributed by atoms with Gasteiger partial charge in [0.1, 0.15) is 17.7 Å². The third kappa shape index (κ3) is 2.71. The molecule has 0 fully saturated rings. The van der Waals surface area contributed by atoms with Crippen LogP contribution in [0.3, 0.4) is 0 Å². The molecule has 1 aromatic heterocycles. The molecule has 1 heterocycles.